The fourth-order valence-electron chi connectivity index (χ4n) is 1.46. The molecular weight excluding hydrogens is 212 g/mol. The lowest BCUT2D eigenvalue weighted by Crippen LogP contribution is -2.20. The largest absolute Gasteiger partial charge is 0.490 e. The molecule has 1 unspecified atom stereocenters. The van der Waals surface area contributed by atoms with E-state index in [4.69, 9.17) is 4.74 Å². The van der Waals surface area contributed by atoms with E-state index in [1.54, 1.807) is 6.20 Å². The Balaban J connectivity index is 2.57. The van der Waals surface area contributed by atoms with Crippen molar-refractivity contribution in [3.63, 3.8) is 0 Å². The van der Waals surface area contributed by atoms with E-state index in [1.165, 1.54) is 0 Å². The van der Waals surface area contributed by atoms with Crippen LogP contribution in [0.15, 0.2) is 18.5 Å². The third-order valence-electron chi connectivity index (χ3n) is 2.63. The molecule has 1 N–H and O–H groups in total. The van der Waals surface area contributed by atoms with Crippen LogP contribution in [0.25, 0.3) is 0 Å². The van der Waals surface area contributed by atoms with Gasteiger partial charge in [0.2, 0.25) is 0 Å². The fraction of sp³-hybridized carbons (Fsp3) is 0.643. The summed E-state index contributed by atoms with van der Waals surface area (Å²) in [6.07, 6.45) is 4.93. The molecule has 0 bridgehead atoms. The predicted octanol–water partition coefficient (Wildman–Crippen LogP) is 3.00. The molecule has 0 aliphatic carbocycles. The van der Waals surface area contributed by atoms with E-state index in [-0.39, 0.29) is 6.10 Å². The highest BCUT2D eigenvalue weighted by Gasteiger charge is 2.07. The van der Waals surface area contributed by atoms with Crippen molar-refractivity contribution in [2.24, 2.45) is 5.92 Å². The monoisotopic (exact) mass is 236 g/mol. The number of hydrogen-bond donors (Lipinski definition) is 1. The van der Waals surface area contributed by atoms with Crippen LogP contribution in [0.5, 0.6) is 5.75 Å². The van der Waals surface area contributed by atoms with Gasteiger partial charge in [-0.05, 0) is 31.9 Å². The van der Waals surface area contributed by atoms with Crippen LogP contribution in [0.2, 0.25) is 0 Å². The van der Waals surface area contributed by atoms with Gasteiger partial charge in [-0.15, -0.1) is 0 Å². The second-order valence-corrected chi connectivity index (χ2v) is 4.84. The Kier molecular flexibility index (Phi) is 5.98. The first-order valence-corrected chi connectivity index (χ1v) is 6.43. The number of hydrogen-bond acceptors (Lipinski definition) is 3. The molecule has 1 heterocycles. The van der Waals surface area contributed by atoms with E-state index in [1.807, 2.05) is 12.3 Å². The standard InChI is InChI=1S/C14H24N2O/c1-5-12(4)17-14-6-7-15-9-13(14)10-16-8-11(2)3/h6-7,9,11-12,16H,5,8,10H2,1-4H3. The van der Waals surface area contributed by atoms with Crippen molar-refractivity contribution in [3.05, 3.63) is 24.0 Å². The van der Waals surface area contributed by atoms with Crippen LogP contribution >= 0.6 is 0 Å². The van der Waals surface area contributed by atoms with Crippen LogP contribution < -0.4 is 10.1 Å². The SMILES string of the molecule is CCC(C)Oc1ccncc1CNCC(C)C. The van der Waals surface area contributed by atoms with E-state index in [0.29, 0.717) is 5.92 Å². The zero-order valence-electron chi connectivity index (χ0n) is 11.4. The van der Waals surface area contributed by atoms with Gasteiger partial charge in [-0.25, -0.2) is 0 Å². The lowest BCUT2D eigenvalue weighted by Gasteiger charge is -2.16. The first kappa shape index (κ1) is 14.0. The quantitative estimate of drug-likeness (QED) is 0.790. The average Bonchev–Trinajstić information content (AvgIpc) is 2.30. The Morgan fingerprint density at radius 2 is 2.12 bits per heavy atom. The molecule has 1 aromatic heterocycles. The van der Waals surface area contributed by atoms with Crippen LogP contribution in [0.3, 0.4) is 0 Å². The summed E-state index contributed by atoms with van der Waals surface area (Å²) in [4.78, 5) is 4.16. The van der Waals surface area contributed by atoms with E-state index in [0.717, 1.165) is 30.8 Å². The molecule has 0 aliphatic heterocycles. The molecular formula is C14H24N2O. The predicted molar refractivity (Wildman–Crippen MR) is 71.2 cm³/mol. The molecule has 0 saturated carbocycles. The maximum absolute atomic E-state index is 5.87. The number of nitrogens with one attached hydrogen (secondary N) is 1. The summed E-state index contributed by atoms with van der Waals surface area (Å²) in [5, 5.41) is 3.41. The summed E-state index contributed by atoms with van der Waals surface area (Å²) in [6, 6.07) is 1.94. The van der Waals surface area contributed by atoms with E-state index < -0.39 is 0 Å². The Morgan fingerprint density at radius 1 is 1.35 bits per heavy atom. The van der Waals surface area contributed by atoms with Gasteiger partial charge in [0.15, 0.2) is 0 Å². The fourth-order valence-corrected chi connectivity index (χ4v) is 1.46. The average molecular weight is 236 g/mol. The van der Waals surface area contributed by atoms with Gasteiger partial charge in [-0.3, -0.25) is 4.98 Å². The molecule has 96 valence electrons. The molecule has 0 aromatic carbocycles. The summed E-state index contributed by atoms with van der Waals surface area (Å²) < 4.78 is 5.87. The molecule has 1 atom stereocenters. The third kappa shape index (κ3) is 5.18. The topological polar surface area (TPSA) is 34.1 Å². The van der Waals surface area contributed by atoms with Gasteiger partial charge >= 0.3 is 0 Å². The number of pyridine rings is 1. The smallest absolute Gasteiger partial charge is 0.127 e. The van der Waals surface area contributed by atoms with E-state index >= 15 is 0 Å². The Morgan fingerprint density at radius 3 is 2.76 bits per heavy atom. The first-order valence-electron chi connectivity index (χ1n) is 6.43. The summed E-state index contributed by atoms with van der Waals surface area (Å²) >= 11 is 0. The lowest BCUT2D eigenvalue weighted by molar-refractivity contribution is 0.214. The minimum Gasteiger partial charge on any atom is -0.490 e. The molecule has 3 nitrogen and oxygen atoms in total. The van der Waals surface area contributed by atoms with Crippen LogP contribution in [-0.2, 0) is 6.54 Å². The number of aromatic nitrogens is 1. The molecule has 0 fully saturated rings. The highest BCUT2D eigenvalue weighted by Crippen LogP contribution is 2.18. The van der Waals surface area contributed by atoms with Crippen LogP contribution in [-0.4, -0.2) is 17.6 Å². The summed E-state index contributed by atoms with van der Waals surface area (Å²) in [7, 11) is 0. The maximum Gasteiger partial charge on any atom is 0.127 e. The number of ether oxygens (including phenoxy) is 1. The highest BCUT2D eigenvalue weighted by molar-refractivity contribution is 5.30. The van der Waals surface area contributed by atoms with Gasteiger partial charge in [0.05, 0.1) is 6.10 Å². The van der Waals surface area contributed by atoms with Crippen LogP contribution in [0.4, 0.5) is 0 Å². The zero-order chi connectivity index (χ0) is 12.7. The van der Waals surface area contributed by atoms with Crippen molar-refractivity contribution in [2.75, 3.05) is 6.54 Å². The second kappa shape index (κ2) is 7.28. The Hall–Kier alpha value is -1.09. The minimum absolute atomic E-state index is 0.251. The summed E-state index contributed by atoms with van der Waals surface area (Å²) in [5.74, 6) is 1.61. The molecule has 0 radical (unpaired) electrons. The van der Waals surface area contributed by atoms with Gasteiger partial charge in [-0.2, -0.15) is 0 Å². The van der Waals surface area contributed by atoms with Crippen molar-refractivity contribution < 1.29 is 4.74 Å². The molecule has 1 aromatic rings. The highest BCUT2D eigenvalue weighted by atomic mass is 16.5. The first-order chi connectivity index (χ1) is 8.13. The number of nitrogens with zero attached hydrogens (tertiary/aromatic N) is 1. The summed E-state index contributed by atoms with van der Waals surface area (Å²) in [6.45, 7) is 10.4. The third-order valence-corrected chi connectivity index (χ3v) is 2.63. The molecule has 0 amide bonds. The Labute approximate surface area is 105 Å². The molecule has 0 saturated heterocycles. The molecule has 0 aliphatic rings. The van der Waals surface area contributed by atoms with E-state index in [2.05, 4.69) is 38.0 Å². The molecule has 17 heavy (non-hydrogen) atoms. The van der Waals surface area contributed by atoms with Crippen LogP contribution in [0.1, 0.15) is 39.7 Å². The summed E-state index contributed by atoms with van der Waals surface area (Å²) in [5.41, 5.74) is 1.13. The van der Waals surface area contributed by atoms with Gasteiger partial charge in [0, 0.05) is 24.5 Å². The van der Waals surface area contributed by atoms with Gasteiger partial charge in [0.25, 0.3) is 0 Å². The van der Waals surface area contributed by atoms with Gasteiger partial charge in [-0.1, -0.05) is 20.8 Å². The molecule has 1 rings (SSSR count). The van der Waals surface area contributed by atoms with Crippen molar-refractivity contribution >= 4 is 0 Å². The van der Waals surface area contributed by atoms with Crippen molar-refractivity contribution in [2.45, 2.75) is 46.8 Å². The van der Waals surface area contributed by atoms with Gasteiger partial charge < -0.3 is 10.1 Å². The van der Waals surface area contributed by atoms with Crippen LogP contribution in [0, 0.1) is 5.92 Å². The molecule has 3 heteroatoms. The normalized spacial score (nSPS) is 12.8. The number of rotatable bonds is 7. The van der Waals surface area contributed by atoms with E-state index in [9.17, 15) is 0 Å². The second-order valence-electron chi connectivity index (χ2n) is 4.84. The van der Waals surface area contributed by atoms with Crippen molar-refractivity contribution in [3.8, 4) is 5.75 Å². The Bertz CT molecular complexity index is 326. The maximum atomic E-state index is 5.87. The minimum atomic E-state index is 0.251. The zero-order valence-corrected chi connectivity index (χ0v) is 11.4. The molecule has 0 spiro atoms. The lowest BCUT2D eigenvalue weighted by atomic mass is 10.2. The van der Waals surface area contributed by atoms with Crippen molar-refractivity contribution in [1.82, 2.24) is 10.3 Å². The van der Waals surface area contributed by atoms with Gasteiger partial charge in [0.1, 0.15) is 5.75 Å². The van der Waals surface area contributed by atoms with Crippen molar-refractivity contribution in [1.29, 1.82) is 0 Å².